The van der Waals surface area contributed by atoms with Crippen LogP contribution in [0.1, 0.15) is 15.4 Å². The number of thiophene rings is 1. The molecule has 0 saturated heterocycles. The molecule has 96 valence electrons. The molecule has 6 heteroatoms. The number of hydrogen-bond acceptors (Lipinski definition) is 4. The van der Waals surface area contributed by atoms with E-state index in [0.717, 1.165) is 9.75 Å². The van der Waals surface area contributed by atoms with Crippen LogP contribution in [0.3, 0.4) is 0 Å². The van der Waals surface area contributed by atoms with Crippen molar-refractivity contribution in [2.45, 2.75) is 6.92 Å². The van der Waals surface area contributed by atoms with Crippen molar-refractivity contribution < 1.29 is 15.0 Å². The second-order valence-electron chi connectivity index (χ2n) is 4.14. The number of carbonyl (C=O) groups is 1. The summed E-state index contributed by atoms with van der Waals surface area (Å²) in [6, 6.07) is 6.78. The lowest BCUT2D eigenvalue weighted by molar-refractivity contribution is 0.0693. The summed E-state index contributed by atoms with van der Waals surface area (Å²) in [7, 11) is 0. The molecule has 0 fully saturated rings. The minimum absolute atomic E-state index is 0.0174. The van der Waals surface area contributed by atoms with Crippen molar-refractivity contribution in [3.63, 3.8) is 0 Å². The number of aromatic carboxylic acids is 1. The van der Waals surface area contributed by atoms with Crippen LogP contribution in [0.5, 0.6) is 5.75 Å². The number of aryl methyl sites for hydroxylation is 1. The zero-order valence-corrected chi connectivity index (χ0v) is 10.8. The lowest BCUT2D eigenvalue weighted by atomic mass is 10.3. The van der Waals surface area contributed by atoms with Crippen molar-refractivity contribution in [3.05, 3.63) is 41.0 Å². The van der Waals surface area contributed by atoms with E-state index >= 15 is 0 Å². The molecule has 3 aromatic rings. The van der Waals surface area contributed by atoms with Gasteiger partial charge in [0.05, 0.1) is 10.4 Å². The van der Waals surface area contributed by atoms with Gasteiger partial charge in [-0.05, 0) is 25.1 Å². The standard InChI is InChI=1S/C13H10N2O3S/c1-7-2-3-10(19-7)12-14-11(13(17)18)9-6-8(16)4-5-15(9)12/h2-6,16H,1H3,(H,17,18). The van der Waals surface area contributed by atoms with Gasteiger partial charge in [-0.1, -0.05) is 0 Å². The summed E-state index contributed by atoms with van der Waals surface area (Å²) < 4.78 is 1.68. The fourth-order valence-electron chi connectivity index (χ4n) is 1.96. The van der Waals surface area contributed by atoms with E-state index in [0.29, 0.717) is 11.3 Å². The van der Waals surface area contributed by atoms with Crippen LogP contribution in [0.15, 0.2) is 30.5 Å². The van der Waals surface area contributed by atoms with Gasteiger partial charge in [0, 0.05) is 17.1 Å². The summed E-state index contributed by atoms with van der Waals surface area (Å²) in [4.78, 5) is 17.4. The van der Waals surface area contributed by atoms with Gasteiger partial charge in [0.2, 0.25) is 0 Å². The minimum Gasteiger partial charge on any atom is -0.508 e. The van der Waals surface area contributed by atoms with Crippen molar-refractivity contribution in [1.82, 2.24) is 9.38 Å². The summed E-state index contributed by atoms with van der Waals surface area (Å²) in [5, 5.41) is 18.7. The fourth-order valence-corrected chi connectivity index (χ4v) is 2.81. The molecule has 0 unspecified atom stereocenters. The number of carboxylic acid groups (broad SMARTS) is 1. The Kier molecular flexibility index (Phi) is 2.53. The highest BCUT2D eigenvalue weighted by molar-refractivity contribution is 7.15. The average molecular weight is 274 g/mol. The molecule has 3 heterocycles. The maximum atomic E-state index is 11.2. The van der Waals surface area contributed by atoms with Crippen molar-refractivity contribution in [3.8, 4) is 16.5 Å². The predicted molar refractivity (Wildman–Crippen MR) is 71.9 cm³/mol. The van der Waals surface area contributed by atoms with Crippen LogP contribution < -0.4 is 0 Å². The molecule has 19 heavy (non-hydrogen) atoms. The molecule has 0 saturated carbocycles. The van der Waals surface area contributed by atoms with Crippen LogP contribution in [-0.4, -0.2) is 25.6 Å². The van der Waals surface area contributed by atoms with Gasteiger partial charge < -0.3 is 10.2 Å². The molecule has 3 rings (SSSR count). The van der Waals surface area contributed by atoms with Gasteiger partial charge in [0.1, 0.15) is 5.75 Å². The third kappa shape index (κ3) is 1.86. The molecule has 0 aromatic carbocycles. The van der Waals surface area contributed by atoms with Crippen molar-refractivity contribution >= 4 is 22.8 Å². The largest absolute Gasteiger partial charge is 0.508 e. The summed E-state index contributed by atoms with van der Waals surface area (Å²) in [6.45, 7) is 1.98. The van der Waals surface area contributed by atoms with Gasteiger partial charge >= 0.3 is 5.97 Å². The zero-order chi connectivity index (χ0) is 13.6. The van der Waals surface area contributed by atoms with E-state index in [1.165, 1.54) is 12.1 Å². The number of pyridine rings is 1. The highest BCUT2D eigenvalue weighted by atomic mass is 32.1. The SMILES string of the molecule is Cc1ccc(-c2nc(C(=O)O)c3cc(O)ccn23)s1. The Morgan fingerprint density at radius 3 is 2.79 bits per heavy atom. The molecular formula is C13H10N2O3S. The Morgan fingerprint density at radius 1 is 1.37 bits per heavy atom. The van der Waals surface area contributed by atoms with E-state index in [4.69, 9.17) is 0 Å². The van der Waals surface area contributed by atoms with Crippen LogP contribution in [0.2, 0.25) is 0 Å². The van der Waals surface area contributed by atoms with E-state index in [9.17, 15) is 15.0 Å². The lowest BCUT2D eigenvalue weighted by Crippen LogP contribution is -1.97. The summed E-state index contributed by atoms with van der Waals surface area (Å²) in [5.41, 5.74) is 0.325. The summed E-state index contributed by atoms with van der Waals surface area (Å²) in [6.07, 6.45) is 1.62. The monoisotopic (exact) mass is 274 g/mol. The smallest absolute Gasteiger partial charge is 0.356 e. The predicted octanol–water partition coefficient (Wildman–Crippen LogP) is 2.78. The number of nitrogens with zero attached hydrogens (tertiary/aromatic N) is 2. The third-order valence-corrected chi connectivity index (χ3v) is 3.79. The molecule has 0 amide bonds. The molecule has 2 N–H and O–H groups in total. The maximum absolute atomic E-state index is 11.2. The number of imidazole rings is 1. The molecule has 3 aromatic heterocycles. The first kappa shape index (κ1) is 11.7. The Hall–Kier alpha value is -2.34. The van der Waals surface area contributed by atoms with Crippen LogP contribution in [0.25, 0.3) is 16.2 Å². The van der Waals surface area contributed by atoms with Gasteiger partial charge in [0.25, 0.3) is 0 Å². The maximum Gasteiger partial charge on any atom is 0.356 e. The van der Waals surface area contributed by atoms with Crippen LogP contribution in [0.4, 0.5) is 0 Å². The Morgan fingerprint density at radius 2 is 2.16 bits per heavy atom. The summed E-state index contributed by atoms with van der Waals surface area (Å²) in [5.74, 6) is -0.517. The lowest BCUT2D eigenvalue weighted by Gasteiger charge is -1.99. The van der Waals surface area contributed by atoms with E-state index in [1.54, 1.807) is 21.9 Å². The molecular weight excluding hydrogens is 264 g/mol. The van der Waals surface area contributed by atoms with E-state index < -0.39 is 5.97 Å². The number of rotatable bonds is 2. The molecule has 0 radical (unpaired) electrons. The van der Waals surface area contributed by atoms with Gasteiger partial charge in [-0.2, -0.15) is 0 Å². The number of aromatic nitrogens is 2. The highest BCUT2D eigenvalue weighted by Gasteiger charge is 2.18. The normalized spacial score (nSPS) is 11.0. The highest BCUT2D eigenvalue weighted by Crippen LogP contribution is 2.30. The van der Waals surface area contributed by atoms with Gasteiger partial charge in [-0.3, -0.25) is 4.40 Å². The first-order valence-corrected chi connectivity index (χ1v) is 6.39. The van der Waals surface area contributed by atoms with Crippen molar-refractivity contribution in [1.29, 1.82) is 0 Å². The number of fused-ring (bicyclic) bond motifs is 1. The van der Waals surface area contributed by atoms with E-state index in [2.05, 4.69) is 4.98 Å². The molecule has 0 bridgehead atoms. The number of hydrogen-bond donors (Lipinski definition) is 2. The second-order valence-corrected chi connectivity index (χ2v) is 5.43. The minimum atomic E-state index is -1.11. The average Bonchev–Trinajstić information content (AvgIpc) is 2.92. The third-order valence-electron chi connectivity index (χ3n) is 2.79. The van der Waals surface area contributed by atoms with E-state index in [-0.39, 0.29) is 11.4 Å². The van der Waals surface area contributed by atoms with Gasteiger partial charge in [-0.25, -0.2) is 9.78 Å². The van der Waals surface area contributed by atoms with Crippen LogP contribution in [-0.2, 0) is 0 Å². The first-order chi connectivity index (χ1) is 9.06. The van der Waals surface area contributed by atoms with Gasteiger partial charge in [-0.15, -0.1) is 11.3 Å². The Labute approximate surface area is 112 Å². The Balaban J connectivity index is 2.34. The molecule has 0 aliphatic carbocycles. The molecule has 5 nitrogen and oxygen atoms in total. The molecule has 0 aliphatic rings. The van der Waals surface area contributed by atoms with Crippen molar-refractivity contribution in [2.75, 3.05) is 0 Å². The van der Waals surface area contributed by atoms with Gasteiger partial charge in [0.15, 0.2) is 11.5 Å². The van der Waals surface area contributed by atoms with Crippen molar-refractivity contribution in [2.24, 2.45) is 0 Å². The second kappa shape index (κ2) is 4.10. The topological polar surface area (TPSA) is 74.8 Å². The zero-order valence-electron chi connectivity index (χ0n) is 9.99. The molecule has 0 spiro atoms. The Bertz CT molecular complexity index is 788. The van der Waals surface area contributed by atoms with Crippen LogP contribution in [0, 0.1) is 6.92 Å². The summed E-state index contributed by atoms with van der Waals surface area (Å²) >= 11 is 1.55. The number of carboxylic acids is 1. The van der Waals surface area contributed by atoms with E-state index in [1.807, 2.05) is 19.1 Å². The fraction of sp³-hybridized carbons (Fsp3) is 0.0769. The molecule has 0 aliphatic heterocycles. The molecule has 0 atom stereocenters. The van der Waals surface area contributed by atoms with Crippen LogP contribution >= 0.6 is 11.3 Å². The first-order valence-electron chi connectivity index (χ1n) is 5.57. The quantitative estimate of drug-likeness (QED) is 0.753. The number of aromatic hydroxyl groups is 1.